The van der Waals surface area contributed by atoms with Gasteiger partial charge in [0, 0.05) is 25.7 Å². The van der Waals surface area contributed by atoms with Crippen molar-refractivity contribution in [2.45, 2.75) is 32.2 Å². The zero-order valence-corrected chi connectivity index (χ0v) is 12.5. The summed E-state index contributed by atoms with van der Waals surface area (Å²) >= 11 is 0. The fourth-order valence-corrected chi connectivity index (χ4v) is 2.32. The van der Waals surface area contributed by atoms with Crippen molar-refractivity contribution in [2.24, 2.45) is 5.73 Å². The molecule has 0 fully saturated rings. The van der Waals surface area contributed by atoms with Crippen molar-refractivity contribution in [3.8, 4) is 0 Å². The molecule has 19 heavy (non-hydrogen) atoms. The SMILES string of the molecule is CCOCCN(C)C(CN)CC(C)c1ccccc1. The second-order valence-electron chi connectivity index (χ2n) is 5.11. The smallest absolute Gasteiger partial charge is 0.0593 e. The summed E-state index contributed by atoms with van der Waals surface area (Å²) in [7, 11) is 2.13. The van der Waals surface area contributed by atoms with Crippen molar-refractivity contribution < 1.29 is 4.74 Å². The third kappa shape index (κ3) is 5.72. The third-order valence-corrected chi connectivity index (χ3v) is 3.68. The maximum atomic E-state index is 5.92. The van der Waals surface area contributed by atoms with E-state index in [9.17, 15) is 0 Å². The van der Waals surface area contributed by atoms with Gasteiger partial charge >= 0.3 is 0 Å². The molecule has 0 aliphatic heterocycles. The Bertz CT molecular complexity index is 329. The van der Waals surface area contributed by atoms with Gasteiger partial charge in [0.1, 0.15) is 0 Å². The van der Waals surface area contributed by atoms with Crippen LogP contribution in [0, 0.1) is 0 Å². The minimum atomic E-state index is 0.413. The molecule has 0 bridgehead atoms. The summed E-state index contributed by atoms with van der Waals surface area (Å²) in [4.78, 5) is 2.31. The summed E-state index contributed by atoms with van der Waals surface area (Å²) in [5, 5.41) is 0. The largest absolute Gasteiger partial charge is 0.380 e. The Labute approximate surface area is 117 Å². The fraction of sp³-hybridized carbons (Fsp3) is 0.625. The lowest BCUT2D eigenvalue weighted by Crippen LogP contribution is -2.40. The molecule has 0 aliphatic rings. The Kier molecular flexibility index (Phi) is 7.72. The maximum Gasteiger partial charge on any atom is 0.0593 e. The first-order chi connectivity index (χ1) is 9.19. The molecular weight excluding hydrogens is 236 g/mol. The van der Waals surface area contributed by atoms with E-state index in [1.165, 1.54) is 5.56 Å². The summed E-state index contributed by atoms with van der Waals surface area (Å²) in [5.74, 6) is 0.532. The average Bonchev–Trinajstić information content (AvgIpc) is 2.45. The number of rotatable bonds is 9. The third-order valence-electron chi connectivity index (χ3n) is 3.68. The lowest BCUT2D eigenvalue weighted by atomic mass is 9.93. The van der Waals surface area contributed by atoms with Gasteiger partial charge in [0.25, 0.3) is 0 Å². The molecule has 0 spiro atoms. The molecule has 1 aromatic rings. The van der Waals surface area contributed by atoms with Crippen LogP contribution in [0.25, 0.3) is 0 Å². The fourth-order valence-electron chi connectivity index (χ4n) is 2.32. The van der Waals surface area contributed by atoms with Crippen molar-refractivity contribution >= 4 is 0 Å². The first-order valence-electron chi connectivity index (χ1n) is 7.22. The summed E-state index contributed by atoms with van der Waals surface area (Å²) in [6.45, 7) is 7.49. The van der Waals surface area contributed by atoms with E-state index in [-0.39, 0.29) is 0 Å². The predicted octanol–water partition coefficient (Wildman–Crippen LogP) is 2.48. The molecule has 3 nitrogen and oxygen atoms in total. The van der Waals surface area contributed by atoms with Crippen molar-refractivity contribution in [1.82, 2.24) is 4.90 Å². The molecule has 108 valence electrons. The van der Waals surface area contributed by atoms with Crippen LogP contribution < -0.4 is 5.73 Å². The quantitative estimate of drug-likeness (QED) is 0.696. The van der Waals surface area contributed by atoms with Crippen molar-refractivity contribution in [3.05, 3.63) is 35.9 Å². The molecule has 0 radical (unpaired) electrons. The number of hydrogen-bond acceptors (Lipinski definition) is 3. The first-order valence-corrected chi connectivity index (χ1v) is 7.22. The highest BCUT2D eigenvalue weighted by atomic mass is 16.5. The van der Waals surface area contributed by atoms with Gasteiger partial charge < -0.3 is 10.5 Å². The number of benzene rings is 1. The van der Waals surface area contributed by atoms with Gasteiger partial charge in [-0.2, -0.15) is 0 Å². The Hall–Kier alpha value is -0.900. The second-order valence-corrected chi connectivity index (χ2v) is 5.11. The van der Waals surface area contributed by atoms with Crippen LogP contribution in [-0.2, 0) is 4.74 Å². The average molecular weight is 264 g/mol. The minimum Gasteiger partial charge on any atom is -0.380 e. The number of ether oxygens (including phenoxy) is 1. The van der Waals surface area contributed by atoms with Crippen molar-refractivity contribution in [2.75, 3.05) is 33.4 Å². The van der Waals surface area contributed by atoms with E-state index in [2.05, 4.69) is 49.2 Å². The van der Waals surface area contributed by atoms with Gasteiger partial charge in [-0.1, -0.05) is 37.3 Å². The molecule has 0 saturated carbocycles. The van der Waals surface area contributed by atoms with Gasteiger partial charge in [0.2, 0.25) is 0 Å². The van der Waals surface area contributed by atoms with Gasteiger partial charge in [-0.15, -0.1) is 0 Å². The Morgan fingerprint density at radius 2 is 1.95 bits per heavy atom. The summed E-state index contributed by atoms with van der Waals surface area (Å²) < 4.78 is 5.41. The standard InChI is InChI=1S/C16H28N2O/c1-4-19-11-10-18(3)16(13-17)12-14(2)15-8-6-5-7-9-15/h5-9,14,16H,4,10-13,17H2,1-3H3. The van der Waals surface area contributed by atoms with E-state index in [0.717, 1.165) is 26.2 Å². The van der Waals surface area contributed by atoms with Crippen molar-refractivity contribution in [3.63, 3.8) is 0 Å². The molecule has 2 N–H and O–H groups in total. The van der Waals surface area contributed by atoms with Gasteiger partial charge in [0.15, 0.2) is 0 Å². The first kappa shape index (κ1) is 16.2. The minimum absolute atomic E-state index is 0.413. The van der Waals surface area contributed by atoms with Crippen LogP contribution >= 0.6 is 0 Å². The van der Waals surface area contributed by atoms with E-state index in [1.54, 1.807) is 0 Å². The number of nitrogens with two attached hydrogens (primary N) is 1. The number of likely N-dealkylation sites (N-methyl/N-ethyl adjacent to an activating group) is 1. The lowest BCUT2D eigenvalue weighted by molar-refractivity contribution is 0.105. The van der Waals surface area contributed by atoms with Crippen LogP contribution in [0.15, 0.2) is 30.3 Å². The van der Waals surface area contributed by atoms with E-state index in [1.807, 2.05) is 6.92 Å². The predicted molar refractivity (Wildman–Crippen MR) is 81.4 cm³/mol. The summed E-state index contributed by atoms with van der Waals surface area (Å²) in [6, 6.07) is 11.1. The molecule has 0 amide bonds. The highest BCUT2D eigenvalue weighted by Crippen LogP contribution is 2.21. The second kappa shape index (κ2) is 9.08. The van der Waals surface area contributed by atoms with Crippen LogP contribution in [0.3, 0.4) is 0 Å². The Morgan fingerprint density at radius 1 is 1.26 bits per heavy atom. The Balaban J connectivity index is 2.47. The summed E-state index contributed by atoms with van der Waals surface area (Å²) in [5.41, 5.74) is 7.31. The zero-order chi connectivity index (χ0) is 14.1. The normalized spacial score (nSPS) is 14.6. The lowest BCUT2D eigenvalue weighted by Gasteiger charge is -2.29. The molecule has 2 unspecified atom stereocenters. The molecule has 0 aromatic heterocycles. The van der Waals surface area contributed by atoms with E-state index in [0.29, 0.717) is 18.5 Å². The maximum absolute atomic E-state index is 5.92. The molecule has 1 rings (SSSR count). The van der Waals surface area contributed by atoms with Gasteiger partial charge in [-0.3, -0.25) is 4.90 Å². The van der Waals surface area contributed by atoms with E-state index >= 15 is 0 Å². The van der Waals surface area contributed by atoms with Crippen LogP contribution in [-0.4, -0.2) is 44.3 Å². The molecule has 3 heteroatoms. The summed E-state index contributed by atoms with van der Waals surface area (Å²) in [6.07, 6.45) is 1.09. The van der Waals surface area contributed by atoms with Crippen LogP contribution in [0.2, 0.25) is 0 Å². The number of hydrogen-bond donors (Lipinski definition) is 1. The topological polar surface area (TPSA) is 38.5 Å². The molecule has 0 saturated heterocycles. The molecule has 0 aliphatic carbocycles. The van der Waals surface area contributed by atoms with E-state index < -0.39 is 0 Å². The highest BCUT2D eigenvalue weighted by molar-refractivity contribution is 5.18. The molecule has 0 heterocycles. The van der Waals surface area contributed by atoms with Crippen LogP contribution in [0.5, 0.6) is 0 Å². The molecule has 2 atom stereocenters. The number of nitrogens with zero attached hydrogens (tertiary/aromatic N) is 1. The Morgan fingerprint density at radius 3 is 2.53 bits per heavy atom. The monoisotopic (exact) mass is 264 g/mol. The van der Waals surface area contributed by atoms with Gasteiger partial charge in [-0.25, -0.2) is 0 Å². The van der Waals surface area contributed by atoms with E-state index in [4.69, 9.17) is 10.5 Å². The molecule has 1 aromatic carbocycles. The van der Waals surface area contributed by atoms with Gasteiger partial charge in [0.05, 0.1) is 6.61 Å². The van der Waals surface area contributed by atoms with Crippen LogP contribution in [0.1, 0.15) is 31.7 Å². The molecular formula is C16H28N2O. The van der Waals surface area contributed by atoms with Crippen molar-refractivity contribution in [1.29, 1.82) is 0 Å². The highest BCUT2D eigenvalue weighted by Gasteiger charge is 2.17. The zero-order valence-electron chi connectivity index (χ0n) is 12.5. The van der Waals surface area contributed by atoms with Crippen LogP contribution in [0.4, 0.5) is 0 Å². The van der Waals surface area contributed by atoms with Gasteiger partial charge in [-0.05, 0) is 31.9 Å².